The molecule has 0 aliphatic carbocycles. The molecule has 0 aliphatic rings. The number of hydrogen-bond acceptors (Lipinski definition) is 2. The van der Waals surface area contributed by atoms with E-state index in [9.17, 15) is 0 Å². The van der Waals surface area contributed by atoms with Crippen molar-refractivity contribution in [2.45, 2.75) is 74.3 Å². The lowest BCUT2D eigenvalue weighted by Gasteiger charge is -2.20. The van der Waals surface area contributed by atoms with Crippen LogP contribution in [0.25, 0.3) is 0 Å². The van der Waals surface area contributed by atoms with E-state index >= 15 is 0 Å². The van der Waals surface area contributed by atoms with Gasteiger partial charge in [-0.1, -0.05) is 54.4 Å². The van der Waals surface area contributed by atoms with Crippen LogP contribution in [0.5, 0.6) is 0 Å². The lowest BCUT2D eigenvalue weighted by molar-refractivity contribution is 0.0761. The molecule has 0 fully saturated rings. The summed E-state index contributed by atoms with van der Waals surface area (Å²) in [5.74, 6) is 6.00. The molecule has 0 spiro atoms. The van der Waals surface area contributed by atoms with Gasteiger partial charge in [0.1, 0.15) is 6.61 Å². The molecule has 0 aromatic rings. The van der Waals surface area contributed by atoms with E-state index in [0.717, 1.165) is 32.5 Å². The molecule has 0 heterocycles. The average Bonchev–Trinajstić information content (AvgIpc) is 2.49. The molecule has 0 aromatic heterocycles. The van der Waals surface area contributed by atoms with Crippen molar-refractivity contribution in [3.8, 4) is 11.8 Å². The Kier molecular flexibility index (Phi) is 28.1. The van der Waals surface area contributed by atoms with Crippen molar-refractivity contribution in [1.29, 1.82) is 0 Å². The van der Waals surface area contributed by atoms with Gasteiger partial charge >= 0.3 is 0 Å². The van der Waals surface area contributed by atoms with Gasteiger partial charge < -0.3 is 9.64 Å². The van der Waals surface area contributed by atoms with Crippen LogP contribution in [0.1, 0.15) is 68.2 Å². The van der Waals surface area contributed by atoms with Gasteiger partial charge in [0.05, 0.1) is 6.10 Å². The summed E-state index contributed by atoms with van der Waals surface area (Å²) in [6, 6.07) is 0. The molecule has 2 heteroatoms. The molecule has 116 valence electrons. The summed E-state index contributed by atoms with van der Waals surface area (Å²) >= 11 is 0. The molecule has 0 N–H and O–H groups in total. The van der Waals surface area contributed by atoms with Crippen LogP contribution in [0.2, 0.25) is 0 Å². The maximum atomic E-state index is 5.58. The molecule has 0 saturated carbocycles. The van der Waals surface area contributed by atoms with Crippen molar-refractivity contribution in [3.63, 3.8) is 0 Å². The summed E-state index contributed by atoms with van der Waals surface area (Å²) in [6.45, 7) is 20.5. The molecule has 0 aliphatic heterocycles. The Hall–Kier alpha value is -0.520. The van der Waals surface area contributed by atoms with Gasteiger partial charge in [0, 0.05) is 13.0 Å². The van der Waals surface area contributed by atoms with Crippen LogP contribution < -0.4 is 0 Å². The van der Waals surface area contributed by atoms with Gasteiger partial charge in [-0.2, -0.15) is 0 Å². The Labute approximate surface area is 122 Å². The highest BCUT2D eigenvalue weighted by molar-refractivity contribution is 4.97. The summed E-state index contributed by atoms with van der Waals surface area (Å²) in [4.78, 5) is 2.41. The quantitative estimate of drug-likeness (QED) is 0.628. The molecule has 0 bridgehead atoms. The van der Waals surface area contributed by atoms with Gasteiger partial charge in [-0.3, -0.25) is 0 Å². The normalized spacial score (nSPS) is 10.4. The molecular formula is C17H37NO. The monoisotopic (exact) mass is 271 g/mol. The zero-order valence-corrected chi connectivity index (χ0v) is 14.7. The van der Waals surface area contributed by atoms with Crippen LogP contribution in [-0.4, -0.2) is 37.2 Å². The van der Waals surface area contributed by atoms with Gasteiger partial charge in [-0.15, -0.1) is 5.92 Å². The molecule has 1 unspecified atom stereocenters. The minimum atomic E-state index is 0.316. The smallest absolute Gasteiger partial charge is 0.108 e. The first-order valence-electron chi connectivity index (χ1n) is 8.04. The van der Waals surface area contributed by atoms with Crippen LogP contribution in [-0.2, 0) is 4.74 Å². The predicted molar refractivity (Wildman–Crippen MR) is 88.6 cm³/mol. The third-order valence-electron chi connectivity index (χ3n) is 2.49. The van der Waals surface area contributed by atoms with Gasteiger partial charge in [0.2, 0.25) is 0 Å². The first-order chi connectivity index (χ1) is 9.24. The first kappa shape index (κ1) is 23.6. The summed E-state index contributed by atoms with van der Waals surface area (Å²) in [7, 11) is 0. The Morgan fingerprint density at radius 1 is 0.947 bits per heavy atom. The molecule has 0 rings (SSSR count). The average molecular weight is 271 g/mol. The van der Waals surface area contributed by atoms with Crippen LogP contribution >= 0.6 is 0 Å². The molecule has 1 atom stereocenters. The Bertz CT molecular complexity index is 189. The topological polar surface area (TPSA) is 12.5 Å². The zero-order chi connectivity index (χ0) is 15.5. The molecule has 0 radical (unpaired) electrons. The molecule has 0 aromatic carbocycles. The number of ether oxygens (including phenoxy) is 1. The second-order valence-electron chi connectivity index (χ2n) is 3.64. The molecule has 2 nitrogen and oxygen atoms in total. The second-order valence-corrected chi connectivity index (χ2v) is 3.64. The van der Waals surface area contributed by atoms with Crippen molar-refractivity contribution in [2.75, 3.05) is 26.2 Å². The van der Waals surface area contributed by atoms with E-state index in [4.69, 9.17) is 4.74 Å². The zero-order valence-electron chi connectivity index (χ0n) is 14.7. The third-order valence-corrected chi connectivity index (χ3v) is 2.49. The Morgan fingerprint density at radius 2 is 1.47 bits per heavy atom. The van der Waals surface area contributed by atoms with Crippen LogP contribution in [0.3, 0.4) is 0 Å². The van der Waals surface area contributed by atoms with E-state index in [1.54, 1.807) is 0 Å². The Morgan fingerprint density at radius 3 is 1.89 bits per heavy atom. The van der Waals surface area contributed by atoms with E-state index in [2.05, 4.69) is 44.4 Å². The highest BCUT2D eigenvalue weighted by Crippen LogP contribution is 1.99. The standard InChI is InChI=1S/C13H25NO.2C2H6/c1-5-8-9-12-15-13(4)10-11-14(6-2)7-3;2*1-2/h13H,5-7,10-12H2,1-4H3;2*1-2H3. The largest absolute Gasteiger partial charge is 0.366 e. The van der Waals surface area contributed by atoms with Crippen LogP contribution in [0, 0.1) is 11.8 Å². The van der Waals surface area contributed by atoms with Crippen molar-refractivity contribution >= 4 is 0 Å². The second kappa shape index (κ2) is 22.6. The minimum absolute atomic E-state index is 0.316. The maximum absolute atomic E-state index is 5.58. The van der Waals surface area contributed by atoms with E-state index in [0.29, 0.717) is 12.7 Å². The Balaban J connectivity index is -0.000000579. The third kappa shape index (κ3) is 20.0. The fraction of sp³-hybridized carbons (Fsp3) is 0.882. The fourth-order valence-corrected chi connectivity index (χ4v) is 1.35. The summed E-state index contributed by atoms with van der Waals surface area (Å²) in [5.41, 5.74) is 0. The van der Waals surface area contributed by atoms with Crippen molar-refractivity contribution < 1.29 is 4.74 Å². The highest BCUT2D eigenvalue weighted by Gasteiger charge is 2.04. The van der Waals surface area contributed by atoms with Crippen LogP contribution in [0.15, 0.2) is 0 Å². The van der Waals surface area contributed by atoms with Crippen LogP contribution in [0.4, 0.5) is 0 Å². The number of hydrogen-bond donors (Lipinski definition) is 0. The van der Waals surface area contributed by atoms with E-state index < -0.39 is 0 Å². The van der Waals surface area contributed by atoms with Crippen molar-refractivity contribution in [1.82, 2.24) is 4.90 Å². The van der Waals surface area contributed by atoms with E-state index in [-0.39, 0.29) is 0 Å². The summed E-state index contributed by atoms with van der Waals surface area (Å²) < 4.78 is 5.58. The number of rotatable bonds is 7. The van der Waals surface area contributed by atoms with Crippen molar-refractivity contribution in [3.05, 3.63) is 0 Å². The predicted octanol–water partition coefficient (Wildman–Crippen LogP) is 4.59. The maximum Gasteiger partial charge on any atom is 0.108 e. The van der Waals surface area contributed by atoms with Gasteiger partial charge in [-0.05, 0) is 26.4 Å². The fourth-order valence-electron chi connectivity index (χ4n) is 1.35. The molecule has 0 saturated heterocycles. The van der Waals surface area contributed by atoms with Crippen molar-refractivity contribution in [2.24, 2.45) is 0 Å². The summed E-state index contributed by atoms with van der Waals surface area (Å²) in [5, 5.41) is 0. The van der Waals surface area contributed by atoms with Gasteiger partial charge in [0.25, 0.3) is 0 Å². The molecule has 0 amide bonds. The lowest BCUT2D eigenvalue weighted by atomic mass is 10.2. The lowest BCUT2D eigenvalue weighted by Crippen LogP contribution is -2.27. The van der Waals surface area contributed by atoms with E-state index in [1.807, 2.05) is 27.7 Å². The molecule has 19 heavy (non-hydrogen) atoms. The summed E-state index contributed by atoms with van der Waals surface area (Å²) in [6.07, 6.45) is 2.32. The SMILES string of the molecule is CC.CC.CCC#CCOC(C)CCN(CC)CC. The van der Waals surface area contributed by atoms with Gasteiger partial charge in [0.15, 0.2) is 0 Å². The van der Waals surface area contributed by atoms with E-state index in [1.165, 1.54) is 0 Å². The molecular weight excluding hydrogens is 234 g/mol. The first-order valence-corrected chi connectivity index (χ1v) is 8.04. The minimum Gasteiger partial charge on any atom is -0.366 e. The highest BCUT2D eigenvalue weighted by atomic mass is 16.5. The van der Waals surface area contributed by atoms with Gasteiger partial charge in [-0.25, -0.2) is 0 Å². The number of nitrogens with zero attached hydrogens (tertiary/aromatic N) is 1.